The van der Waals surface area contributed by atoms with E-state index >= 15 is 0 Å². The summed E-state index contributed by atoms with van der Waals surface area (Å²) in [6, 6.07) is 4.21. The maximum Gasteiger partial charge on any atom is 0.328 e. The number of aliphatic carboxylic acids is 1. The largest absolute Gasteiger partial charge is 0.491 e. The summed E-state index contributed by atoms with van der Waals surface area (Å²) in [4.78, 5) is 20.7. The quantitative estimate of drug-likeness (QED) is 0.349. The fourth-order valence-electron chi connectivity index (χ4n) is 1.32. The van der Waals surface area contributed by atoms with E-state index in [-0.39, 0.29) is 17.9 Å². The smallest absolute Gasteiger partial charge is 0.328 e. The van der Waals surface area contributed by atoms with Gasteiger partial charge in [0.25, 0.3) is 5.69 Å². The fraction of sp³-hybridized carbons (Fsp3) is 0.250. The molecule has 1 N–H and O–H groups in total. The number of rotatable bonds is 7. The second-order valence-corrected chi connectivity index (χ2v) is 3.49. The number of carbonyl (C=O) groups is 1. The van der Waals surface area contributed by atoms with Crippen molar-refractivity contribution in [2.24, 2.45) is 0 Å². The average molecular weight is 267 g/mol. The second kappa shape index (κ2) is 7.12. The van der Waals surface area contributed by atoms with Crippen LogP contribution in [-0.4, -0.2) is 36.3 Å². The Morgan fingerprint density at radius 1 is 1.47 bits per heavy atom. The van der Waals surface area contributed by atoms with Gasteiger partial charge in [0.2, 0.25) is 0 Å². The van der Waals surface area contributed by atoms with Crippen LogP contribution in [0.1, 0.15) is 5.56 Å². The van der Waals surface area contributed by atoms with E-state index in [1.165, 1.54) is 31.4 Å². The van der Waals surface area contributed by atoms with Gasteiger partial charge in [0.1, 0.15) is 12.4 Å². The Bertz CT molecular complexity index is 497. The Balaban J connectivity index is 2.94. The Morgan fingerprint density at radius 2 is 2.21 bits per heavy atom. The van der Waals surface area contributed by atoms with E-state index in [0.29, 0.717) is 12.4 Å². The predicted octanol–water partition coefficient (Wildman–Crippen LogP) is 1.72. The van der Waals surface area contributed by atoms with Gasteiger partial charge in [0.15, 0.2) is 0 Å². The van der Waals surface area contributed by atoms with Crippen molar-refractivity contribution in [2.45, 2.75) is 0 Å². The van der Waals surface area contributed by atoms with E-state index in [1.807, 2.05) is 0 Å². The number of nitrogens with zero attached hydrogens (tertiary/aromatic N) is 1. The first-order chi connectivity index (χ1) is 9.04. The molecule has 7 heteroatoms. The third-order valence-corrected chi connectivity index (χ3v) is 2.16. The second-order valence-electron chi connectivity index (χ2n) is 3.49. The summed E-state index contributed by atoms with van der Waals surface area (Å²) < 4.78 is 10.0. The van der Waals surface area contributed by atoms with Crippen LogP contribution in [0.5, 0.6) is 5.75 Å². The van der Waals surface area contributed by atoms with E-state index in [2.05, 4.69) is 0 Å². The number of carboxylic acid groups (broad SMARTS) is 1. The zero-order chi connectivity index (χ0) is 14.3. The van der Waals surface area contributed by atoms with E-state index < -0.39 is 10.9 Å². The highest BCUT2D eigenvalue weighted by Crippen LogP contribution is 2.25. The first kappa shape index (κ1) is 14.7. The van der Waals surface area contributed by atoms with Gasteiger partial charge >= 0.3 is 5.97 Å². The van der Waals surface area contributed by atoms with Crippen molar-refractivity contribution in [3.63, 3.8) is 0 Å². The molecular formula is C12H13NO6. The van der Waals surface area contributed by atoms with Gasteiger partial charge in [-0.15, -0.1) is 0 Å². The highest BCUT2D eigenvalue weighted by Gasteiger charge is 2.13. The molecule has 0 bridgehead atoms. The molecule has 0 spiro atoms. The summed E-state index contributed by atoms with van der Waals surface area (Å²) in [6.07, 6.45) is 2.01. The van der Waals surface area contributed by atoms with Crippen LogP contribution < -0.4 is 4.74 Å². The number of hydrogen-bond acceptors (Lipinski definition) is 5. The van der Waals surface area contributed by atoms with E-state index in [4.69, 9.17) is 14.6 Å². The Kier molecular flexibility index (Phi) is 5.49. The van der Waals surface area contributed by atoms with Crippen LogP contribution in [0, 0.1) is 10.1 Å². The van der Waals surface area contributed by atoms with Crippen LogP contribution in [0.3, 0.4) is 0 Å². The first-order valence-electron chi connectivity index (χ1n) is 5.35. The average Bonchev–Trinajstić information content (AvgIpc) is 2.37. The molecule has 1 aromatic carbocycles. The van der Waals surface area contributed by atoms with Gasteiger partial charge in [0, 0.05) is 13.2 Å². The molecule has 0 aliphatic heterocycles. The molecule has 1 rings (SSSR count). The topological polar surface area (TPSA) is 98.9 Å². The van der Waals surface area contributed by atoms with Gasteiger partial charge in [-0.3, -0.25) is 10.1 Å². The van der Waals surface area contributed by atoms with Crippen LogP contribution in [0.25, 0.3) is 6.08 Å². The fourth-order valence-corrected chi connectivity index (χ4v) is 1.32. The van der Waals surface area contributed by atoms with Gasteiger partial charge in [-0.05, 0) is 18.2 Å². The lowest BCUT2D eigenvalue weighted by Crippen LogP contribution is -2.04. The van der Waals surface area contributed by atoms with Gasteiger partial charge in [-0.25, -0.2) is 4.79 Å². The van der Waals surface area contributed by atoms with Crippen molar-refractivity contribution in [3.8, 4) is 5.75 Å². The van der Waals surface area contributed by atoms with Gasteiger partial charge < -0.3 is 14.6 Å². The molecule has 0 atom stereocenters. The number of hydrogen-bond donors (Lipinski definition) is 1. The highest BCUT2D eigenvalue weighted by atomic mass is 16.6. The monoisotopic (exact) mass is 267 g/mol. The molecule has 0 unspecified atom stereocenters. The molecular weight excluding hydrogens is 254 g/mol. The van der Waals surface area contributed by atoms with E-state index in [1.54, 1.807) is 0 Å². The van der Waals surface area contributed by atoms with Crippen LogP contribution in [-0.2, 0) is 9.53 Å². The molecule has 0 aromatic heterocycles. The third-order valence-electron chi connectivity index (χ3n) is 2.16. The van der Waals surface area contributed by atoms with Crippen molar-refractivity contribution in [1.29, 1.82) is 0 Å². The van der Waals surface area contributed by atoms with Gasteiger partial charge in [-0.2, -0.15) is 0 Å². The molecule has 0 saturated heterocycles. The summed E-state index contributed by atoms with van der Waals surface area (Å²) in [7, 11) is 1.52. The molecule has 0 radical (unpaired) electrons. The molecule has 0 aliphatic carbocycles. The Hall–Kier alpha value is -2.41. The third kappa shape index (κ3) is 4.76. The highest BCUT2D eigenvalue weighted by molar-refractivity contribution is 5.86. The molecule has 0 saturated carbocycles. The summed E-state index contributed by atoms with van der Waals surface area (Å²) in [5, 5.41) is 19.4. The lowest BCUT2D eigenvalue weighted by Gasteiger charge is -2.06. The number of ether oxygens (including phenoxy) is 2. The molecule has 0 heterocycles. The van der Waals surface area contributed by atoms with Crippen LogP contribution in [0.4, 0.5) is 5.69 Å². The minimum Gasteiger partial charge on any atom is -0.491 e. The van der Waals surface area contributed by atoms with Crippen LogP contribution >= 0.6 is 0 Å². The van der Waals surface area contributed by atoms with E-state index in [0.717, 1.165) is 6.08 Å². The van der Waals surface area contributed by atoms with Gasteiger partial charge in [0.05, 0.1) is 23.2 Å². The zero-order valence-corrected chi connectivity index (χ0v) is 10.2. The number of benzene rings is 1. The summed E-state index contributed by atoms with van der Waals surface area (Å²) in [6.45, 7) is 0.645. The molecule has 0 fully saturated rings. The minimum atomic E-state index is -1.17. The lowest BCUT2D eigenvalue weighted by atomic mass is 10.1. The number of nitro benzene ring substituents is 1. The van der Waals surface area contributed by atoms with Crippen molar-refractivity contribution in [2.75, 3.05) is 20.3 Å². The maximum atomic E-state index is 10.9. The molecule has 0 amide bonds. The number of nitro groups is 1. The predicted molar refractivity (Wildman–Crippen MR) is 67.1 cm³/mol. The molecule has 19 heavy (non-hydrogen) atoms. The van der Waals surface area contributed by atoms with Crippen molar-refractivity contribution in [3.05, 3.63) is 40.0 Å². The molecule has 0 aliphatic rings. The molecule has 7 nitrogen and oxygen atoms in total. The molecule has 102 valence electrons. The minimum absolute atomic E-state index is 0.200. The van der Waals surface area contributed by atoms with E-state index in [9.17, 15) is 14.9 Å². The lowest BCUT2D eigenvalue weighted by molar-refractivity contribution is -0.385. The normalized spacial score (nSPS) is 10.6. The summed E-state index contributed by atoms with van der Waals surface area (Å²) >= 11 is 0. The first-order valence-corrected chi connectivity index (χ1v) is 5.35. The number of methoxy groups -OCH3 is 1. The zero-order valence-electron chi connectivity index (χ0n) is 10.2. The van der Waals surface area contributed by atoms with Crippen molar-refractivity contribution in [1.82, 2.24) is 0 Å². The summed E-state index contributed by atoms with van der Waals surface area (Å²) in [5.74, 6) is -0.842. The standard InChI is InChI=1S/C12H13NO6/c1-18-6-7-19-10-4-2-9(3-5-12(14)15)11(8-10)13(16)17/h2-5,8H,6-7H2,1H3,(H,14,15). The maximum absolute atomic E-state index is 10.9. The SMILES string of the molecule is COCCOc1ccc(C=CC(=O)O)c([N+](=O)[O-])c1. The summed E-state index contributed by atoms with van der Waals surface area (Å²) in [5.41, 5.74) is -0.0149. The van der Waals surface area contributed by atoms with Crippen LogP contribution in [0.15, 0.2) is 24.3 Å². The Morgan fingerprint density at radius 3 is 2.79 bits per heavy atom. The Labute approximate surface area is 109 Å². The van der Waals surface area contributed by atoms with Crippen LogP contribution in [0.2, 0.25) is 0 Å². The van der Waals surface area contributed by atoms with Gasteiger partial charge in [-0.1, -0.05) is 0 Å². The molecule has 1 aromatic rings. The van der Waals surface area contributed by atoms with Crippen molar-refractivity contribution < 1.29 is 24.3 Å². The number of carboxylic acids is 1. The van der Waals surface area contributed by atoms with Crippen molar-refractivity contribution >= 4 is 17.7 Å².